The molecule has 3 heteroatoms. The van der Waals surface area contributed by atoms with Crippen LogP contribution in [0.1, 0.15) is 16.4 Å². The van der Waals surface area contributed by atoms with Crippen LogP contribution >= 0.6 is 11.8 Å². The monoisotopic (exact) mass is 333 g/mol. The number of thioether (sulfide) groups is 1. The summed E-state index contributed by atoms with van der Waals surface area (Å²) >= 11 is 1.56. The Hall–Kier alpha value is -2.52. The van der Waals surface area contributed by atoms with Crippen LogP contribution < -0.4 is 5.32 Å². The van der Waals surface area contributed by atoms with Crippen molar-refractivity contribution in [3.05, 3.63) is 96.1 Å². The first-order valence-electron chi connectivity index (χ1n) is 7.87. The number of para-hydroxylation sites is 1. The van der Waals surface area contributed by atoms with Crippen LogP contribution in [0.15, 0.2) is 89.8 Å². The van der Waals surface area contributed by atoms with Crippen LogP contribution in [0.5, 0.6) is 0 Å². The largest absolute Gasteiger partial charge is 0.325 e. The molecule has 1 amide bonds. The van der Waals surface area contributed by atoms with Gasteiger partial charge in [0.25, 0.3) is 0 Å². The van der Waals surface area contributed by atoms with E-state index in [4.69, 9.17) is 0 Å². The highest BCUT2D eigenvalue weighted by atomic mass is 32.2. The first-order chi connectivity index (χ1) is 11.7. The second-order valence-corrected chi connectivity index (χ2v) is 6.70. The number of carbonyl (C=O) groups excluding carboxylic acids is 1. The molecule has 0 aliphatic carbocycles. The quantitative estimate of drug-likeness (QED) is 0.628. The third-order valence-electron chi connectivity index (χ3n) is 3.74. The van der Waals surface area contributed by atoms with Crippen molar-refractivity contribution in [1.29, 1.82) is 0 Å². The van der Waals surface area contributed by atoms with Crippen molar-refractivity contribution in [2.75, 3.05) is 5.32 Å². The maximum absolute atomic E-state index is 12.9. The molecule has 120 valence electrons. The molecule has 0 radical (unpaired) electrons. The van der Waals surface area contributed by atoms with E-state index in [-0.39, 0.29) is 11.2 Å². The fraction of sp³-hybridized carbons (Fsp3) is 0.0952. The second-order valence-electron chi connectivity index (χ2n) is 5.53. The molecular formula is C21H19NOS. The highest BCUT2D eigenvalue weighted by Crippen LogP contribution is 2.36. The van der Waals surface area contributed by atoms with Gasteiger partial charge in [-0.1, -0.05) is 66.7 Å². The molecule has 0 fully saturated rings. The summed E-state index contributed by atoms with van der Waals surface area (Å²) in [7, 11) is 0. The first-order valence-corrected chi connectivity index (χ1v) is 8.75. The number of anilines is 1. The van der Waals surface area contributed by atoms with Crippen molar-refractivity contribution in [3.8, 4) is 0 Å². The zero-order valence-corrected chi connectivity index (χ0v) is 14.3. The summed E-state index contributed by atoms with van der Waals surface area (Å²) in [5.74, 6) is -0.00986. The van der Waals surface area contributed by atoms with Crippen LogP contribution in [0, 0.1) is 6.92 Å². The fourth-order valence-electron chi connectivity index (χ4n) is 2.45. The number of aryl methyl sites for hydroxylation is 1. The number of nitrogens with one attached hydrogen (secondary N) is 1. The first kappa shape index (κ1) is 16.3. The molecule has 0 aliphatic rings. The highest BCUT2D eigenvalue weighted by molar-refractivity contribution is 8.00. The lowest BCUT2D eigenvalue weighted by molar-refractivity contribution is -0.115. The Morgan fingerprint density at radius 1 is 0.833 bits per heavy atom. The van der Waals surface area contributed by atoms with Gasteiger partial charge in [0.05, 0.1) is 0 Å². The molecule has 1 atom stereocenters. The molecule has 3 aromatic rings. The lowest BCUT2D eigenvalue weighted by Gasteiger charge is -2.18. The normalized spacial score (nSPS) is 11.7. The minimum atomic E-state index is -0.298. The van der Waals surface area contributed by atoms with E-state index in [0.717, 1.165) is 21.7 Å². The molecule has 0 unspecified atom stereocenters. The van der Waals surface area contributed by atoms with Crippen molar-refractivity contribution < 1.29 is 4.79 Å². The minimum Gasteiger partial charge on any atom is -0.325 e. The number of rotatable bonds is 5. The average molecular weight is 333 g/mol. The van der Waals surface area contributed by atoms with E-state index in [1.807, 2.05) is 91.9 Å². The Labute approximate surface area is 146 Å². The molecule has 0 bridgehead atoms. The van der Waals surface area contributed by atoms with Gasteiger partial charge in [-0.05, 0) is 36.2 Å². The van der Waals surface area contributed by atoms with Gasteiger partial charge in [0, 0.05) is 10.6 Å². The second kappa shape index (κ2) is 7.84. The number of benzene rings is 3. The zero-order valence-electron chi connectivity index (χ0n) is 13.5. The Balaban J connectivity index is 1.87. The molecule has 3 rings (SSSR count). The van der Waals surface area contributed by atoms with E-state index >= 15 is 0 Å². The van der Waals surface area contributed by atoms with Crippen LogP contribution in [0.2, 0.25) is 0 Å². The van der Waals surface area contributed by atoms with E-state index in [1.165, 1.54) is 0 Å². The van der Waals surface area contributed by atoms with Crippen molar-refractivity contribution >= 4 is 23.4 Å². The summed E-state index contributed by atoms with van der Waals surface area (Å²) in [6, 6.07) is 27.8. The van der Waals surface area contributed by atoms with Crippen LogP contribution in [0.25, 0.3) is 0 Å². The van der Waals surface area contributed by atoms with Crippen LogP contribution in [-0.4, -0.2) is 5.91 Å². The Bertz CT molecular complexity index is 802. The van der Waals surface area contributed by atoms with Crippen molar-refractivity contribution in [2.24, 2.45) is 0 Å². The third kappa shape index (κ3) is 4.06. The van der Waals surface area contributed by atoms with Crippen LogP contribution in [0.4, 0.5) is 5.69 Å². The zero-order chi connectivity index (χ0) is 16.8. The van der Waals surface area contributed by atoms with Crippen LogP contribution in [-0.2, 0) is 4.79 Å². The van der Waals surface area contributed by atoms with Gasteiger partial charge in [-0.3, -0.25) is 4.79 Å². The fourth-order valence-corrected chi connectivity index (χ4v) is 3.49. The number of hydrogen-bond acceptors (Lipinski definition) is 2. The average Bonchev–Trinajstić information content (AvgIpc) is 2.63. The predicted octanol–water partition coefficient (Wildman–Crippen LogP) is 5.47. The van der Waals surface area contributed by atoms with E-state index in [9.17, 15) is 4.79 Å². The van der Waals surface area contributed by atoms with E-state index in [2.05, 4.69) is 5.32 Å². The van der Waals surface area contributed by atoms with Crippen molar-refractivity contribution in [1.82, 2.24) is 0 Å². The Kier molecular flexibility index (Phi) is 5.34. The van der Waals surface area contributed by atoms with Gasteiger partial charge in [-0.15, -0.1) is 11.8 Å². The summed E-state index contributed by atoms with van der Waals surface area (Å²) < 4.78 is 0. The molecular weight excluding hydrogens is 314 g/mol. The molecule has 3 aromatic carbocycles. The molecule has 24 heavy (non-hydrogen) atoms. The molecule has 1 N–H and O–H groups in total. The van der Waals surface area contributed by atoms with E-state index < -0.39 is 0 Å². The summed E-state index contributed by atoms with van der Waals surface area (Å²) in [6.07, 6.45) is 0. The SMILES string of the molecule is Cc1ccccc1NC(=O)[C@@H](Sc1ccccc1)c1ccccc1. The molecule has 0 aliphatic heterocycles. The predicted molar refractivity (Wildman–Crippen MR) is 101 cm³/mol. The Morgan fingerprint density at radius 2 is 1.42 bits per heavy atom. The summed E-state index contributed by atoms with van der Waals surface area (Å²) in [5.41, 5.74) is 2.91. The molecule has 2 nitrogen and oxygen atoms in total. The summed E-state index contributed by atoms with van der Waals surface area (Å²) in [5, 5.41) is 2.77. The van der Waals surface area contributed by atoms with Gasteiger partial charge in [-0.25, -0.2) is 0 Å². The topological polar surface area (TPSA) is 29.1 Å². The van der Waals surface area contributed by atoms with Crippen LogP contribution in [0.3, 0.4) is 0 Å². The van der Waals surface area contributed by atoms with E-state index in [1.54, 1.807) is 11.8 Å². The summed E-state index contributed by atoms with van der Waals surface area (Å²) in [4.78, 5) is 14.0. The minimum absolute atomic E-state index is 0.00986. The van der Waals surface area contributed by atoms with Gasteiger partial charge < -0.3 is 5.32 Å². The molecule has 0 saturated carbocycles. The standard InChI is InChI=1S/C21H19NOS/c1-16-10-8-9-15-19(16)22-21(23)20(17-11-4-2-5-12-17)24-18-13-6-3-7-14-18/h2-15,20H,1H3,(H,22,23)/t20-/m0/s1. The number of carbonyl (C=O) groups is 1. The lowest BCUT2D eigenvalue weighted by atomic mass is 10.1. The van der Waals surface area contributed by atoms with Gasteiger partial charge in [-0.2, -0.15) is 0 Å². The molecule has 0 saturated heterocycles. The van der Waals surface area contributed by atoms with Gasteiger partial charge >= 0.3 is 0 Å². The summed E-state index contributed by atoms with van der Waals surface area (Å²) in [6.45, 7) is 2.00. The maximum atomic E-state index is 12.9. The van der Waals surface area contributed by atoms with Crippen molar-refractivity contribution in [3.63, 3.8) is 0 Å². The molecule has 0 heterocycles. The van der Waals surface area contributed by atoms with Gasteiger partial charge in [0.15, 0.2) is 0 Å². The van der Waals surface area contributed by atoms with Gasteiger partial charge in [0.2, 0.25) is 5.91 Å². The molecule has 0 aromatic heterocycles. The number of amides is 1. The van der Waals surface area contributed by atoms with E-state index in [0.29, 0.717) is 0 Å². The third-order valence-corrected chi connectivity index (χ3v) is 5.01. The lowest BCUT2D eigenvalue weighted by Crippen LogP contribution is -2.19. The number of hydrogen-bond donors (Lipinski definition) is 1. The highest BCUT2D eigenvalue weighted by Gasteiger charge is 2.22. The smallest absolute Gasteiger partial charge is 0.242 e. The molecule has 0 spiro atoms. The van der Waals surface area contributed by atoms with Crippen molar-refractivity contribution in [2.45, 2.75) is 17.1 Å². The maximum Gasteiger partial charge on any atom is 0.242 e. The van der Waals surface area contributed by atoms with Gasteiger partial charge in [0.1, 0.15) is 5.25 Å². The Morgan fingerprint density at radius 3 is 2.08 bits per heavy atom.